The van der Waals surface area contributed by atoms with Gasteiger partial charge >= 0.3 is 0 Å². The second-order valence-electron chi connectivity index (χ2n) is 8.28. The Morgan fingerprint density at radius 2 is 1.81 bits per heavy atom. The molecule has 1 amide bonds. The van der Waals surface area contributed by atoms with Crippen LogP contribution in [-0.2, 0) is 4.79 Å². The van der Waals surface area contributed by atoms with E-state index in [1.807, 2.05) is 56.3 Å². The van der Waals surface area contributed by atoms with Gasteiger partial charge in [-0.05, 0) is 29.2 Å². The minimum absolute atomic E-state index is 0.0227. The van der Waals surface area contributed by atoms with E-state index in [2.05, 4.69) is 10.3 Å². The number of nitrogens with zero attached hydrogens (tertiary/aromatic N) is 1. The number of carbonyl (C=O) groups excluding carboxylic acids is 1. The minimum atomic E-state index is -0.716. The van der Waals surface area contributed by atoms with Crippen LogP contribution in [0, 0.1) is 11.7 Å². The number of amides is 1. The monoisotopic (exact) mass is 428 g/mol. The lowest BCUT2D eigenvalue weighted by molar-refractivity contribution is -0.122. The fourth-order valence-electron chi connectivity index (χ4n) is 3.87. The lowest BCUT2D eigenvalue weighted by atomic mass is 9.93. The number of fused-ring (bicyclic) bond motifs is 1. The molecule has 0 aliphatic carbocycles. The van der Waals surface area contributed by atoms with E-state index < -0.39 is 11.9 Å². The number of aromatic hydroxyl groups is 1. The quantitative estimate of drug-likeness (QED) is 0.396. The van der Waals surface area contributed by atoms with Gasteiger partial charge in [-0.3, -0.25) is 9.78 Å². The highest BCUT2D eigenvalue weighted by Crippen LogP contribution is 2.36. The molecule has 0 saturated carbocycles. The molecular weight excluding hydrogens is 403 g/mol. The van der Waals surface area contributed by atoms with E-state index in [9.17, 15) is 9.90 Å². The van der Waals surface area contributed by atoms with Crippen molar-refractivity contribution >= 4 is 16.8 Å². The Morgan fingerprint density at radius 3 is 2.53 bits per heavy atom. The first-order valence-electron chi connectivity index (χ1n) is 10.6. The average molecular weight is 429 g/mol. The molecule has 4 nitrogen and oxygen atoms in total. The maximum Gasteiger partial charge on any atom is 0.221 e. The number of nitrogens with one attached hydrogen (secondary N) is 1. The van der Waals surface area contributed by atoms with Crippen LogP contribution in [0.2, 0.25) is 0 Å². The van der Waals surface area contributed by atoms with Crippen molar-refractivity contribution in [3.63, 3.8) is 0 Å². The molecule has 1 atom stereocenters. The maximum atomic E-state index is 15.1. The zero-order valence-corrected chi connectivity index (χ0v) is 18.0. The molecule has 4 rings (SSSR count). The molecule has 1 unspecified atom stereocenters. The first-order chi connectivity index (χ1) is 15.4. The van der Waals surface area contributed by atoms with Crippen molar-refractivity contribution in [2.24, 2.45) is 5.92 Å². The van der Waals surface area contributed by atoms with Gasteiger partial charge in [0.05, 0.1) is 6.04 Å². The van der Waals surface area contributed by atoms with Crippen LogP contribution in [0.5, 0.6) is 5.75 Å². The number of benzene rings is 3. The van der Waals surface area contributed by atoms with Gasteiger partial charge in [0.2, 0.25) is 5.91 Å². The number of rotatable bonds is 6. The van der Waals surface area contributed by atoms with Crippen molar-refractivity contribution < 1.29 is 14.3 Å². The first-order valence-corrected chi connectivity index (χ1v) is 10.6. The average Bonchev–Trinajstić information content (AvgIpc) is 2.78. The van der Waals surface area contributed by atoms with Crippen LogP contribution in [0.25, 0.3) is 22.0 Å². The fraction of sp³-hybridized carbons (Fsp3) is 0.185. The van der Waals surface area contributed by atoms with Crippen molar-refractivity contribution in [3.8, 4) is 16.9 Å². The largest absolute Gasteiger partial charge is 0.505 e. The summed E-state index contributed by atoms with van der Waals surface area (Å²) in [5.41, 5.74) is 2.71. The van der Waals surface area contributed by atoms with Crippen molar-refractivity contribution in [1.29, 1.82) is 0 Å². The number of hydrogen-bond donors (Lipinski definition) is 2. The van der Waals surface area contributed by atoms with Crippen LogP contribution in [0.15, 0.2) is 79.0 Å². The van der Waals surface area contributed by atoms with Crippen LogP contribution >= 0.6 is 0 Å². The lowest BCUT2D eigenvalue weighted by Crippen LogP contribution is -2.30. The van der Waals surface area contributed by atoms with E-state index in [1.54, 1.807) is 30.5 Å². The van der Waals surface area contributed by atoms with E-state index >= 15 is 4.39 Å². The summed E-state index contributed by atoms with van der Waals surface area (Å²) in [5, 5.41) is 14.7. The van der Waals surface area contributed by atoms with Gasteiger partial charge < -0.3 is 10.4 Å². The number of halogens is 1. The van der Waals surface area contributed by atoms with Crippen LogP contribution in [0.1, 0.15) is 37.4 Å². The molecule has 0 radical (unpaired) electrons. The highest BCUT2D eigenvalue weighted by atomic mass is 19.1. The van der Waals surface area contributed by atoms with E-state index in [1.165, 1.54) is 6.07 Å². The van der Waals surface area contributed by atoms with Crippen molar-refractivity contribution in [3.05, 3.63) is 95.9 Å². The number of hydrogen-bond acceptors (Lipinski definition) is 3. The summed E-state index contributed by atoms with van der Waals surface area (Å²) in [6.07, 6.45) is 1.93. The maximum absolute atomic E-state index is 15.1. The van der Waals surface area contributed by atoms with Crippen LogP contribution in [0.3, 0.4) is 0 Å². The second-order valence-corrected chi connectivity index (χ2v) is 8.28. The Bertz CT molecular complexity index is 1260. The predicted molar refractivity (Wildman–Crippen MR) is 125 cm³/mol. The molecule has 0 spiro atoms. The normalized spacial score (nSPS) is 12.1. The second kappa shape index (κ2) is 9.18. The van der Waals surface area contributed by atoms with E-state index in [4.69, 9.17) is 0 Å². The van der Waals surface area contributed by atoms with Crippen LogP contribution < -0.4 is 5.32 Å². The third kappa shape index (κ3) is 4.47. The van der Waals surface area contributed by atoms with Crippen LogP contribution in [-0.4, -0.2) is 16.0 Å². The predicted octanol–water partition coefficient (Wildman–Crippen LogP) is 6.00. The molecule has 4 aromatic rings. The van der Waals surface area contributed by atoms with Gasteiger partial charge in [-0.25, -0.2) is 4.39 Å². The molecule has 0 saturated heterocycles. The molecule has 0 aliphatic heterocycles. The van der Waals surface area contributed by atoms with Gasteiger partial charge in [0.15, 0.2) is 0 Å². The number of carbonyl (C=O) groups is 1. The summed E-state index contributed by atoms with van der Waals surface area (Å²) in [6, 6.07) is 20.7. The van der Waals surface area contributed by atoms with Crippen LogP contribution in [0.4, 0.5) is 4.39 Å². The zero-order chi connectivity index (χ0) is 22.7. The summed E-state index contributed by atoms with van der Waals surface area (Å²) in [7, 11) is 0. The van der Waals surface area contributed by atoms with Gasteiger partial charge in [-0.15, -0.1) is 0 Å². The Labute approximate surface area is 186 Å². The lowest BCUT2D eigenvalue weighted by Gasteiger charge is -2.22. The van der Waals surface area contributed by atoms with Crippen molar-refractivity contribution in [2.45, 2.75) is 26.3 Å². The summed E-state index contributed by atoms with van der Waals surface area (Å²) in [5.74, 6) is -0.418. The fourth-order valence-corrected chi connectivity index (χ4v) is 3.87. The molecule has 1 aromatic heterocycles. The molecule has 5 heteroatoms. The summed E-state index contributed by atoms with van der Waals surface area (Å²) < 4.78 is 15.1. The number of pyridine rings is 1. The summed E-state index contributed by atoms with van der Waals surface area (Å²) >= 11 is 0. The SMILES string of the molecule is CC(C)CC(=O)NC(c1ccc(-c2ccccc2)c(F)c1)c1ccc2cccnc2c1O. The molecule has 0 aliphatic rings. The number of phenolic OH excluding ortho intramolecular Hbond substituents is 1. The zero-order valence-electron chi connectivity index (χ0n) is 18.0. The standard InChI is InChI=1S/C27H25FN2O2/c1-17(2)15-24(31)30-25(22-13-10-19-9-6-14-29-26(19)27(22)32)20-11-12-21(23(28)16-20)18-7-4-3-5-8-18/h3-14,16-17,25,32H,15H2,1-2H3,(H,30,31). The third-order valence-corrected chi connectivity index (χ3v) is 5.40. The van der Waals surface area contributed by atoms with Crippen molar-refractivity contribution in [1.82, 2.24) is 10.3 Å². The molecule has 32 heavy (non-hydrogen) atoms. The van der Waals surface area contributed by atoms with Gasteiger partial charge in [0.1, 0.15) is 17.1 Å². The van der Waals surface area contributed by atoms with E-state index in [0.717, 1.165) is 10.9 Å². The van der Waals surface area contributed by atoms with Gasteiger partial charge in [-0.2, -0.15) is 0 Å². The molecule has 162 valence electrons. The topological polar surface area (TPSA) is 62.2 Å². The summed E-state index contributed by atoms with van der Waals surface area (Å²) in [4.78, 5) is 16.9. The number of aromatic nitrogens is 1. The third-order valence-electron chi connectivity index (χ3n) is 5.40. The molecular formula is C27H25FN2O2. The minimum Gasteiger partial charge on any atom is -0.505 e. The Balaban J connectivity index is 1.79. The highest BCUT2D eigenvalue weighted by molar-refractivity contribution is 5.86. The summed E-state index contributed by atoms with van der Waals surface area (Å²) in [6.45, 7) is 3.92. The van der Waals surface area contributed by atoms with E-state index in [0.29, 0.717) is 28.6 Å². The molecule has 2 N–H and O–H groups in total. The van der Waals surface area contributed by atoms with Crippen molar-refractivity contribution in [2.75, 3.05) is 0 Å². The molecule has 3 aromatic carbocycles. The Hall–Kier alpha value is -3.73. The van der Waals surface area contributed by atoms with E-state index in [-0.39, 0.29) is 17.6 Å². The molecule has 1 heterocycles. The molecule has 0 bridgehead atoms. The Morgan fingerprint density at radius 1 is 1.03 bits per heavy atom. The van der Waals surface area contributed by atoms with Gasteiger partial charge in [-0.1, -0.05) is 74.5 Å². The number of phenols is 1. The van der Waals surface area contributed by atoms with Gasteiger partial charge in [0, 0.05) is 29.1 Å². The Kier molecular flexibility index (Phi) is 6.17. The first kappa shape index (κ1) is 21.5. The smallest absolute Gasteiger partial charge is 0.221 e. The highest BCUT2D eigenvalue weighted by Gasteiger charge is 2.23. The van der Waals surface area contributed by atoms with Gasteiger partial charge in [0.25, 0.3) is 0 Å². The molecule has 0 fully saturated rings.